The van der Waals surface area contributed by atoms with Crippen LogP contribution in [-0.2, 0) is 29.7 Å². The summed E-state index contributed by atoms with van der Waals surface area (Å²) in [6, 6.07) is 19.6. The molecule has 1 aromatic heterocycles. The fourth-order valence-electron chi connectivity index (χ4n) is 7.06. The van der Waals surface area contributed by atoms with Crippen LogP contribution in [0.4, 0.5) is 40.3 Å². The highest BCUT2D eigenvalue weighted by molar-refractivity contribution is 7.93. The highest BCUT2D eigenvalue weighted by Crippen LogP contribution is 2.45. The Labute approximate surface area is 333 Å². The van der Waals surface area contributed by atoms with Crippen molar-refractivity contribution in [3.05, 3.63) is 101 Å². The van der Waals surface area contributed by atoms with Crippen molar-refractivity contribution in [1.29, 1.82) is 0 Å². The number of alkyl halides is 3. The van der Waals surface area contributed by atoms with Crippen LogP contribution in [0.2, 0.25) is 5.02 Å². The molecule has 0 bridgehead atoms. The van der Waals surface area contributed by atoms with Crippen molar-refractivity contribution >= 4 is 64.0 Å². The van der Waals surface area contributed by atoms with Gasteiger partial charge in [-0.1, -0.05) is 23.7 Å². The molecule has 1 fully saturated rings. The summed E-state index contributed by atoms with van der Waals surface area (Å²) < 4.78 is 136. The Morgan fingerprint density at radius 3 is 1.89 bits per heavy atom. The van der Waals surface area contributed by atoms with Crippen molar-refractivity contribution in [2.45, 2.75) is 47.0 Å². The van der Waals surface area contributed by atoms with Gasteiger partial charge in [0.2, 0.25) is 0 Å². The molecule has 0 radical (unpaired) electrons. The van der Waals surface area contributed by atoms with Crippen LogP contribution in [-0.4, -0.2) is 67.8 Å². The van der Waals surface area contributed by atoms with E-state index in [-0.39, 0.29) is 16.6 Å². The van der Waals surface area contributed by atoms with Crippen molar-refractivity contribution < 1.29 is 42.8 Å². The van der Waals surface area contributed by atoms with E-state index in [1.165, 1.54) is 24.3 Å². The number of hydrogen-bond acceptors (Lipinski definition) is 9. The van der Waals surface area contributed by atoms with Gasteiger partial charge in [-0.2, -0.15) is 13.2 Å². The number of nitrogens with two attached hydrogens (primary N) is 1. The molecule has 5 aromatic rings. The van der Waals surface area contributed by atoms with Gasteiger partial charge >= 0.3 is 5.51 Å². The lowest BCUT2D eigenvalue weighted by Gasteiger charge is -2.37. The molecule has 304 valence electrons. The van der Waals surface area contributed by atoms with E-state index < -0.39 is 56.5 Å². The van der Waals surface area contributed by atoms with Gasteiger partial charge < -0.3 is 20.1 Å². The maximum atomic E-state index is 15.6. The van der Waals surface area contributed by atoms with E-state index in [9.17, 15) is 38.4 Å². The maximum Gasteiger partial charge on any atom is 0.501 e. The Kier molecular flexibility index (Phi) is 11.2. The zero-order valence-electron chi connectivity index (χ0n) is 31.0. The Hall–Kier alpha value is -4.78. The molecule has 0 unspecified atom stereocenters. The average Bonchev–Trinajstić information content (AvgIpc) is 3.45. The molecule has 19 heteroatoms. The normalized spacial score (nSPS) is 14.4. The number of nitrogens with one attached hydrogen (secondary N) is 1. The molecule has 11 nitrogen and oxygen atoms in total. The lowest BCUT2D eigenvalue weighted by molar-refractivity contribution is -0.0435. The third-order valence-electron chi connectivity index (χ3n) is 9.59. The molecule has 0 spiro atoms. The highest BCUT2D eigenvalue weighted by atomic mass is 35.5. The predicted octanol–water partition coefficient (Wildman–Crippen LogP) is 7.91. The number of halogens is 5. The quantitative estimate of drug-likeness (QED) is 0.105. The van der Waals surface area contributed by atoms with Crippen molar-refractivity contribution in [3.8, 4) is 22.4 Å². The van der Waals surface area contributed by atoms with Gasteiger partial charge in [0, 0.05) is 71.8 Å². The highest BCUT2D eigenvalue weighted by Gasteiger charge is 2.48. The van der Waals surface area contributed by atoms with Crippen LogP contribution in [0.5, 0.6) is 0 Å². The molecular formula is C38H38ClF4N5O6S3. The molecule has 1 aliphatic heterocycles. The van der Waals surface area contributed by atoms with Crippen molar-refractivity contribution in [1.82, 2.24) is 4.57 Å². The second kappa shape index (κ2) is 15.2. The lowest BCUT2D eigenvalue weighted by atomic mass is 9.99. The summed E-state index contributed by atoms with van der Waals surface area (Å²) >= 11 is 6.19. The van der Waals surface area contributed by atoms with Gasteiger partial charge in [-0.3, -0.25) is 4.72 Å². The first-order valence-electron chi connectivity index (χ1n) is 17.3. The number of rotatable bonds is 10. The summed E-state index contributed by atoms with van der Waals surface area (Å²) in [5, 5.41) is 0.510. The largest absolute Gasteiger partial charge is 0.501 e. The van der Waals surface area contributed by atoms with Crippen molar-refractivity contribution in [2.24, 2.45) is 0 Å². The summed E-state index contributed by atoms with van der Waals surface area (Å²) in [5.74, 6) is -0.545. The topological polar surface area (TPSA) is 152 Å². The molecule has 4 aromatic carbocycles. The van der Waals surface area contributed by atoms with Gasteiger partial charge in [0.15, 0.2) is 9.84 Å². The van der Waals surface area contributed by atoms with E-state index in [2.05, 4.69) is 4.72 Å². The molecule has 1 saturated heterocycles. The molecule has 0 amide bonds. The first-order chi connectivity index (χ1) is 26.5. The molecule has 6 rings (SSSR count). The monoisotopic (exact) mass is 867 g/mol. The minimum Gasteiger partial charge on any atom is -0.398 e. The zero-order chi connectivity index (χ0) is 41.8. The molecule has 57 heavy (non-hydrogen) atoms. The lowest BCUT2D eigenvalue weighted by Crippen LogP contribution is -2.46. The molecule has 0 atom stereocenters. The number of nitrogen functional groups attached to an aromatic ring is 1. The van der Waals surface area contributed by atoms with Gasteiger partial charge in [0.05, 0.1) is 21.2 Å². The first kappa shape index (κ1) is 41.8. The number of nitrogens with zero attached hydrogens (tertiary/aromatic N) is 3. The number of benzene rings is 4. The van der Waals surface area contributed by atoms with Gasteiger partial charge in [-0.25, -0.2) is 29.6 Å². The smallest absolute Gasteiger partial charge is 0.398 e. The Morgan fingerprint density at radius 2 is 1.35 bits per heavy atom. The fourth-order valence-corrected chi connectivity index (χ4v) is 10.5. The average molecular weight is 868 g/mol. The van der Waals surface area contributed by atoms with Crippen LogP contribution in [0.1, 0.15) is 25.6 Å². The van der Waals surface area contributed by atoms with E-state index in [0.717, 1.165) is 29.6 Å². The minimum absolute atomic E-state index is 0.0645. The number of aromatic nitrogens is 1. The van der Waals surface area contributed by atoms with Crippen LogP contribution >= 0.6 is 11.6 Å². The van der Waals surface area contributed by atoms with Gasteiger partial charge in [-0.15, -0.1) is 0 Å². The van der Waals surface area contributed by atoms with Crippen molar-refractivity contribution in [3.63, 3.8) is 0 Å². The van der Waals surface area contributed by atoms with E-state index in [1.807, 2.05) is 28.2 Å². The molecule has 1 aliphatic rings. The predicted molar refractivity (Wildman–Crippen MR) is 214 cm³/mol. The van der Waals surface area contributed by atoms with Gasteiger partial charge in [0.1, 0.15) is 10.7 Å². The summed E-state index contributed by atoms with van der Waals surface area (Å²) in [5.41, 5.74) is 3.01. The summed E-state index contributed by atoms with van der Waals surface area (Å²) in [6.45, 7) is 7.49. The molecule has 0 saturated carbocycles. The molecule has 0 aliphatic carbocycles. The van der Waals surface area contributed by atoms with Crippen LogP contribution in [0.25, 0.3) is 22.4 Å². The van der Waals surface area contributed by atoms with E-state index in [4.69, 9.17) is 17.3 Å². The summed E-state index contributed by atoms with van der Waals surface area (Å²) in [4.78, 5) is 2.02. The van der Waals surface area contributed by atoms with E-state index in [0.29, 0.717) is 65.5 Å². The molecule has 3 N–H and O–H groups in total. The van der Waals surface area contributed by atoms with Crippen molar-refractivity contribution in [2.75, 3.05) is 52.7 Å². The maximum absolute atomic E-state index is 15.6. The second-order valence-corrected chi connectivity index (χ2v) is 19.8. The van der Waals surface area contributed by atoms with Crippen LogP contribution in [0.15, 0.2) is 99.6 Å². The Morgan fingerprint density at radius 1 is 0.772 bits per heavy atom. The van der Waals surface area contributed by atoms with Gasteiger partial charge in [0.25, 0.3) is 19.9 Å². The SMILES string of the molecule is Cc1c(S(C)(=O)=O)c(-c2cc(F)cc(N3CCN(c4ccc(NS(=O)(=O)c5ccc(N)c(S(=O)(=O)C(F)(F)F)c5)cc4)CC3)c2)c(-c2ccc(Cl)cc2)n1C(C)C. The van der Waals surface area contributed by atoms with Crippen LogP contribution < -0.4 is 20.3 Å². The molecular weight excluding hydrogens is 830 g/mol. The van der Waals surface area contributed by atoms with E-state index in [1.54, 1.807) is 49.4 Å². The second-order valence-electron chi connectivity index (χ2n) is 13.9. The van der Waals surface area contributed by atoms with Gasteiger partial charge in [-0.05, 0) is 105 Å². The number of hydrogen-bond donors (Lipinski definition) is 2. The minimum atomic E-state index is -5.92. The number of sulfonamides is 1. The number of anilines is 4. The van der Waals surface area contributed by atoms with E-state index >= 15 is 4.39 Å². The van der Waals surface area contributed by atoms with Crippen LogP contribution in [0, 0.1) is 12.7 Å². The Balaban J connectivity index is 1.23. The number of sulfone groups is 2. The third-order valence-corrected chi connectivity index (χ3v) is 14.0. The number of piperazine rings is 1. The summed E-state index contributed by atoms with van der Waals surface area (Å²) in [7, 11) is -14.2. The third kappa shape index (κ3) is 8.31. The molecule has 2 heterocycles. The standard InChI is InChI=1S/C38H38ClF4N5O6S3/c1-23(2)48-24(3)37(55(4,49)50)35(36(48)25-5-7-27(39)8-6-25)26-19-28(40)21-31(20-26)47-17-15-46(16-18-47)30-11-9-29(10-12-30)45-57(53,54)32-13-14-33(44)34(22-32)56(51,52)38(41,42)43/h5-14,19-23,45H,15-18,44H2,1-4H3. The zero-order valence-corrected chi connectivity index (χ0v) is 34.2. The Bertz CT molecular complexity index is 2680. The summed E-state index contributed by atoms with van der Waals surface area (Å²) in [6.07, 6.45) is 1.14. The first-order valence-corrected chi connectivity index (χ1v) is 22.6. The fraction of sp³-hybridized carbons (Fsp3) is 0.263. The van der Waals surface area contributed by atoms with Crippen LogP contribution in [0.3, 0.4) is 0 Å².